The number of nitrogens with one attached hydrogen (secondary N) is 1. The van der Waals surface area contributed by atoms with E-state index in [-0.39, 0.29) is 11.8 Å². The second kappa shape index (κ2) is 8.15. The average molecular weight is 362 g/mol. The van der Waals surface area contributed by atoms with E-state index in [2.05, 4.69) is 42.0 Å². The first-order valence-electron chi connectivity index (χ1n) is 7.12. The lowest BCUT2D eigenvalue weighted by Crippen LogP contribution is -2.41. The van der Waals surface area contributed by atoms with Gasteiger partial charge < -0.3 is 5.32 Å². The fourth-order valence-electron chi connectivity index (χ4n) is 2.03. The molecule has 3 nitrogen and oxygen atoms in total. The van der Waals surface area contributed by atoms with Gasteiger partial charge in [0.2, 0.25) is 0 Å². The number of hydrogen-bond donors (Lipinski definition) is 1. The molecule has 0 fully saturated rings. The third-order valence-corrected chi connectivity index (χ3v) is 5.80. The van der Waals surface area contributed by atoms with Crippen LogP contribution in [0.5, 0.6) is 0 Å². The van der Waals surface area contributed by atoms with E-state index < -0.39 is 9.84 Å². The molecule has 1 aromatic carbocycles. The van der Waals surface area contributed by atoms with Crippen molar-refractivity contribution in [2.24, 2.45) is 5.92 Å². The van der Waals surface area contributed by atoms with E-state index >= 15 is 0 Å². The highest BCUT2D eigenvalue weighted by molar-refractivity contribution is 9.10. The summed E-state index contributed by atoms with van der Waals surface area (Å²) >= 11 is 3.33. The van der Waals surface area contributed by atoms with Crippen molar-refractivity contribution in [1.82, 2.24) is 5.32 Å². The topological polar surface area (TPSA) is 46.2 Å². The van der Waals surface area contributed by atoms with Gasteiger partial charge in [0.1, 0.15) is 0 Å². The van der Waals surface area contributed by atoms with Crippen molar-refractivity contribution in [3.8, 4) is 0 Å². The summed E-state index contributed by atoms with van der Waals surface area (Å²) in [6.45, 7) is 7.13. The highest BCUT2D eigenvalue weighted by atomic mass is 79.9. The summed E-state index contributed by atoms with van der Waals surface area (Å²) in [4.78, 5) is 0.387. The molecular weight excluding hydrogens is 338 g/mol. The van der Waals surface area contributed by atoms with Crippen LogP contribution in [-0.2, 0) is 9.84 Å². The summed E-state index contributed by atoms with van der Waals surface area (Å²) in [5, 5.41) is 3.37. The number of rotatable bonds is 8. The molecule has 0 saturated heterocycles. The number of sulfone groups is 1. The van der Waals surface area contributed by atoms with Crippen LogP contribution in [0.3, 0.4) is 0 Å². The number of halogens is 1. The quantitative estimate of drug-likeness (QED) is 0.768. The molecule has 114 valence electrons. The minimum atomic E-state index is -3.26. The Kier molecular flexibility index (Phi) is 7.20. The molecule has 2 unspecified atom stereocenters. The van der Waals surface area contributed by atoms with Crippen LogP contribution in [0.2, 0.25) is 0 Å². The summed E-state index contributed by atoms with van der Waals surface area (Å²) in [5.41, 5.74) is 0. The van der Waals surface area contributed by atoms with Crippen LogP contribution in [0.1, 0.15) is 33.6 Å². The molecule has 0 aliphatic rings. The smallest absolute Gasteiger partial charge is 0.179 e. The molecular formula is C15H24BrNO2S. The molecule has 2 atom stereocenters. The molecule has 0 aliphatic heterocycles. The van der Waals surface area contributed by atoms with Crippen molar-refractivity contribution in [2.45, 2.75) is 44.6 Å². The van der Waals surface area contributed by atoms with Gasteiger partial charge in [-0.2, -0.15) is 0 Å². The number of benzene rings is 1. The normalized spacial score (nSPS) is 15.0. The molecule has 5 heteroatoms. The third kappa shape index (κ3) is 5.19. The molecule has 0 amide bonds. The predicted molar refractivity (Wildman–Crippen MR) is 87.7 cm³/mol. The summed E-state index contributed by atoms with van der Waals surface area (Å²) in [6.07, 6.45) is 1.97. The largest absolute Gasteiger partial charge is 0.313 e. The van der Waals surface area contributed by atoms with Crippen LogP contribution in [0.15, 0.2) is 33.6 Å². The Morgan fingerprint density at radius 3 is 2.55 bits per heavy atom. The van der Waals surface area contributed by atoms with Gasteiger partial charge >= 0.3 is 0 Å². The van der Waals surface area contributed by atoms with E-state index in [1.165, 1.54) is 0 Å². The van der Waals surface area contributed by atoms with E-state index in [1.807, 2.05) is 6.07 Å². The van der Waals surface area contributed by atoms with Crippen molar-refractivity contribution in [2.75, 3.05) is 12.3 Å². The molecule has 0 radical (unpaired) electrons. The van der Waals surface area contributed by atoms with E-state index in [9.17, 15) is 8.42 Å². The molecule has 0 aromatic heterocycles. The Bertz CT molecular complexity index is 516. The van der Waals surface area contributed by atoms with Gasteiger partial charge in [0.25, 0.3) is 0 Å². The van der Waals surface area contributed by atoms with Crippen LogP contribution in [0.4, 0.5) is 0 Å². The van der Waals surface area contributed by atoms with Crippen LogP contribution in [-0.4, -0.2) is 26.8 Å². The Morgan fingerprint density at radius 1 is 1.30 bits per heavy atom. The van der Waals surface area contributed by atoms with Crippen molar-refractivity contribution >= 4 is 25.8 Å². The summed E-state index contributed by atoms with van der Waals surface area (Å²) in [6, 6.07) is 6.93. The maximum Gasteiger partial charge on any atom is 0.179 e. The Hall–Kier alpha value is -0.390. The third-order valence-electron chi connectivity index (χ3n) is 3.54. The average Bonchev–Trinajstić information content (AvgIpc) is 2.42. The molecule has 1 N–H and O–H groups in total. The monoisotopic (exact) mass is 361 g/mol. The zero-order valence-electron chi connectivity index (χ0n) is 12.4. The SMILES string of the molecule is CCCNC(CS(=O)(=O)c1cccc(Br)c1)C(C)CC. The van der Waals surface area contributed by atoms with Gasteiger partial charge in [-0.05, 0) is 37.1 Å². The minimum absolute atomic E-state index is 0.00364. The van der Waals surface area contributed by atoms with Gasteiger partial charge in [-0.15, -0.1) is 0 Å². The van der Waals surface area contributed by atoms with Gasteiger partial charge in [0, 0.05) is 10.5 Å². The van der Waals surface area contributed by atoms with Crippen molar-refractivity contribution in [3.63, 3.8) is 0 Å². The van der Waals surface area contributed by atoms with Crippen molar-refractivity contribution in [3.05, 3.63) is 28.7 Å². The molecule has 0 aliphatic carbocycles. The standard InChI is InChI=1S/C15H24BrNO2S/c1-4-9-17-15(12(3)5-2)11-20(18,19)14-8-6-7-13(16)10-14/h6-8,10,12,15,17H,4-5,9,11H2,1-3H3. The van der Waals surface area contributed by atoms with Gasteiger partial charge in [0.15, 0.2) is 9.84 Å². The van der Waals surface area contributed by atoms with Crippen molar-refractivity contribution in [1.29, 1.82) is 0 Å². The second-order valence-corrected chi connectivity index (χ2v) is 8.13. The molecule has 0 bridgehead atoms. The Labute approximate surface area is 131 Å². The lowest BCUT2D eigenvalue weighted by Gasteiger charge is -2.24. The predicted octanol–water partition coefficient (Wildman–Crippen LogP) is 3.64. The Morgan fingerprint density at radius 2 is 2.00 bits per heavy atom. The molecule has 1 rings (SSSR count). The zero-order chi connectivity index (χ0) is 15.2. The Balaban J connectivity index is 2.90. The summed E-state index contributed by atoms with van der Waals surface area (Å²) < 4.78 is 25.8. The molecule has 0 heterocycles. The molecule has 20 heavy (non-hydrogen) atoms. The van der Waals surface area contributed by atoms with Crippen LogP contribution < -0.4 is 5.32 Å². The summed E-state index contributed by atoms with van der Waals surface area (Å²) in [5.74, 6) is 0.488. The highest BCUT2D eigenvalue weighted by Crippen LogP contribution is 2.20. The summed E-state index contributed by atoms with van der Waals surface area (Å²) in [7, 11) is -3.26. The second-order valence-electron chi connectivity index (χ2n) is 5.18. The van der Waals surface area contributed by atoms with Gasteiger partial charge in [0.05, 0.1) is 10.6 Å². The molecule has 1 aromatic rings. The van der Waals surface area contributed by atoms with E-state index in [0.717, 1.165) is 23.9 Å². The lowest BCUT2D eigenvalue weighted by molar-refractivity contribution is 0.391. The van der Waals surface area contributed by atoms with Crippen LogP contribution in [0, 0.1) is 5.92 Å². The lowest BCUT2D eigenvalue weighted by atomic mass is 10.0. The van der Waals surface area contributed by atoms with Crippen LogP contribution in [0.25, 0.3) is 0 Å². The van der Waals surface area contributed by atoms with Gasteiger partial charge in [-0.3, -0.25) is 0 Å². The zero-order valence-corrected chi connectivity index (χ0v) is 14.8. The maximum atomic E-state index is 12.5. The minimum Gasteiger partial charge on any atom is -0.313 e. The van der Waals surface area contributed by atoms with Crippen LogP contribution >= 0.6 is 15.9 Å². The number of hydrogen-bond acceptors (Lipinski definition) is 3. The van der Waals surface area contributed by atoms with E-state index in [0.29, 0.717) is 10.8 Å². The fourth-order valence-corrected chi connectivity index (χ4v) is 4.29. The molecule has 0 saturated carbocycles. The molecule has 0 spiro atoms. The highest BCUT2D eigenvalue weighted by Gasteiger charge is 2.24. The van der Waals surface area contributed by atoms with E-state index in [1.54, 1.807) is 18.2 Å². The first kappa shape index (κ1) is 17.7. The fraction of sp³-hybridized carbons (Fsp3) is 0.600. The van der Waals surface area contributed by atoms with Gasteiger partial charge in [-0.25, -0.2) is 8.42 Å². The first-order chi connectivity index (χ1) is 9.40. The maximum absolute atomic E-state index is 12.5. The van der Waals surface area contributed by atoms with Crippen molar-refractivity contribution < 1.29 is 8.42 Å². The van der Waals surface area contributed by atoms with E-state index in [4.69, 9.17) is 0 Å². The first-order valence-corrected chi connectivity index (χ1v) is 9.57. The van der Waals surface area contributed by atoms with Gasteiger partial charge in [-0.1, -0.05) is 49.2 Å².